The van der Waals surface area contributed by atoms with Gasteiger partial charge in [-0.2, -0.15) is 0 Å². The van der Waals surface area contributed by atoms with Crippen LogP contribution in [0.5, 0.6) is 0 Å². The third kappa shape index (κ3) is 6.13. The number of para-hydroxylation sites is 3. The fourth-order valence-electron chi connectivity index (χ4n) is 11.2. The Balaban J connectivity index is 0.896. The van der Waals surface area contributed by atoms with Crippen LogP contribution in [0.3, 0.4) is 0 Å². The van der Waals surface area contributed by atoms with Crippen molar-refractivity contribution in [1.82, 2.24) is 19.1 Å². The van der Waals surface area contributed by atoms with E-state index in [2.05, 4.69) is 252 Å². The SMILES string of the molecule is c1ccc(-c2ccc(-c3nc(-n4c5ccc(-c6ccc7oc8cccc(-c9ccc%10c(c9)c9ccccc9n%10-c9ccccc9)c8c7c6)cc5c5ccc6ccccc6c54)nc4ccccc34)cc2)cc1. The smallest absolute Gasteiger partial charge is 0.235 e. The second-order valence-electron chi connectivity index (χ2n) is 18.5. The van der Waals surface area contributed by atoms with Crippen LogP contribution in [0.15, 0.2) is 247 Å². The van der Waals surface area contributed by atoms with Gasteiger partial charge in [0.25, 0.3) is 0 Å². The predicted molar refractivity (Wildman–Crippen MR) is 295 cm³/mol. The highest BCUT2D eigenvalue weighted by molar-refractivity contribution is 6.20. The lowest BCUT2D eigenvalue weighted by Gasteiger charge is -2.13. The lowest BCUT2D eigenvalue weighted by Crippen LogP contribution is -2.03. The molecular weight excluding hydrogens is 865 g/mol. The molecule has 0 spiro atoms. The maximum absolute atomic E-state index is 6.62. The Morgan fingerprint density at radius 2 is 0.930 bits per heavy atom. The van der Waals surface area contributed by atoms with E-state index < -0.39 is 0 Å². The normalized spacial score (nSPS) is 11.9. The largest absolute Gasteiger partial charge is 0.456 e. The first-order valence-electron chi connectivity index (χ1n) is 24.1. The molecule has 0 saturated heterocycles. The molecule has 0 aliphatic heterocycles. The zero-order chi connectivity index (χ0) is 46.6. The number of benzene rings is 11. The van der Waals surface area contributed by atoms with Crippen LogP contribution in [-0.2, 0) is 0 Å². The van der Waals surface area contributed by atoms with Crippen molar-refractivity contribution in [3.63, 3.8) is 0 Å². The molecule has 0 radical (unpaired) electrons. The van der Waals surface area contributed by atoms with Crippen molar-refractivity contribution in [1.29, 1.82) is 0 Å². The second kappa shape index (κ2) is 15.5. The highest BCUT2D eigenvalue weighted by atomic mass is 16.3. The summed E-state index contributed by atoms with van der Waals surface area (Å²) in [5, 5.41) is 10.2. The van der Waals surface area contributed by atoms with Gasteiger partial charge in [0.2, 0.25) is 5.95 Å². The summed E-state index contributed by atoms with van der Waals surface area (Å²) in [4.78, 5) is 10.8. The lowest BCUT2D eigenvalue weighted by atomic mass is 9.96. The Morgan fingerprint density at radius 3 is 1.77 bits per heavy atom. The average Bonchev–Trinajstić information content (AvgIpc) is 4.10. The molecule has 0 unspecified atom stereocenters. The van der Waals surface area contributed by atoms with Crippen molar-refractivity contribution in [3.05, 3.63) is 243 Å². The van der Waals surface area contributed by atoms with Gasteiger partial charge < -0.3 is 8.98 Å². The predicted octanol–water partition coefficient (Wildman–Crippen LogP) is 17.5. The standard InChI is InChI=1S/C66H40N4O/c1-3-14-41(15-4-1)42-26-28-44(29-27-42)64-53-21-9-11-23-57(53)67-66(68-64)70-60-35-31-45(38-55(60)52-34-30-43-16-7-8-19-50(43)65(52)70)46-33-37-61-56(39-46)63-49(22-13-25-62(63)71-61)47-32-36-59-54(40-47)51-20-10-12-24-58(51)69(59)48-17-5-2-6-18-48/h1-40H. The number of nitrogens with zero attached hydrogens (tertiary/aromatic N) is 4. The number of hydrogen-bond donors (Lipinski definition) is 0. The van der Waals surface area contributed by atoms with Crippen molar-refractivity contribution in [2.45, 2.75) is 0 Å². The van der Waals surface area contributed by atoms with Gasteiger partial charge in [-0.1, -0.05) is 176 Å². The maximum atomic E-state index is 6.62. The molecule has 0 bridgehead atoms. The van der Waals surface area contributed by atoms with Crippen LogP contribution in [0, 0.1) is 0 Å². The molecular formula is C66H40N4O. The van der Waals surface area contributed by atoms with Gasteiger partial charge in [-0.25, -0.2) is 9.97 Å². The van der Waals surface area contributed by atoms with Crippen molar-refractivity contribution in [2.75, 3.05) is 0 Å². The monoisotopic (exact) mass is 904 g/mol. The summed E-state index contributed by atoms with van der Waals surface area (Å²) in [6, 6.07) is 86.8. The fraction of sp³-hybridized carbons (Fsp3) is 0. The van der Waals surface area contributed by atoms with E-state index in [9.17, 15) is 0 Å². The van der Waals surface area contributed by atoms with E-state index in [-0.39, 0.29) is 0 Å². The minimum atomic E-state index is 0.636. The summed E-state index contributed by atoms with van der Waals surface area (Å²) in [7, 11) is 0. The third-order valence-electron chi connectivity index (χ3n) is 14.5. The molecule has 0 atom stereocenters. The van der Waals surface area contributed by atoms with E-state index in [0.29, 0.717) is 5.95 Å². The Kier molecular flexibility index (Phi) is 8.59. The molecule has 4 aromatic heterocycles. The average molecular weight is 905 g/mol. The molecule has 0 N–H and O–H groups in total. The first-order valence-corrected chi connectivity index (χ1v) is 24.1. The zero-order valence-corrected chi connectivity index (χ0v) is 38.3. The molecule has 4 heterocycles. The molecule has 0 fully saturated rings. The van der Waals surface area contributed by atoms with E-state index in [1.807, 2.05) is 0 Å². The van der Waals surface area contributed by atoms with Crippen molar-refractivity contribution in [2.24, 2.45) is 0 Å². The van der Waals surface area contributed by atoms with Crippen LogP contribution in [0.2, 0.25) is 0 Å². The van der Waals surface area contributed by atoms with Crippen molar-refractivity contribution >= 4 is 87.2 Å². The number of rotatable bonds is 6. The number of fused-ring (bicyclic) bond motifs is 12. The molecule has 0 aliphatic carbocycles. The molecule has 5 nitrogen and oxygen atoms in total. The summed E-state index contributed by atoms with van der Waals surface area (Å²) in [6.45, 7) is 0. The Bertz CT molecular complexity index is 4620. The van der Waals surface area contributed by atoms with Gasteiger partial charge >= 0.3 is 0 Å². The van der Waals surface area contributed by atoms with Crippen LogP contribution in [0.1, 0.15) is 0 Å². The molecule has 15 aromatic rings. The number of aromatic nitrogens is 4. The lowest BCUT2D eigenvalue weighted by molar-refractivity contribution is 0.669. The van der Waals surface area contributed by atoms with Gasteiger partial charge in [0, 0.05) is 54.3 Å². The van der Waals surface area contributed by atoms with Gasteiger partial charge in [-0.3, -0.25) is 4.57 Å². The summed E-state index contributed by atoms with van der Waals surface area (Å²) in [5.74, 6) is 0.636. The van der Waals surface area contributed by atoms with Crippen molar-refractivity contribution in [3.8, 4) is 56.3 Å². The topological polar surface area (TPSA) is 48.8 Å². The van der Waals surface area contributed by atoms with E-state index in [1.165, 1.54) is 32.9 Å². The quantitative estimate of drug-likeness (QED) is 0.167. The Hall–Kier alpha value is -9.58. The van der Waals surface area contributed by atoms with Gasteiger partial charge in [0.15, 0.2) is 0 Å². The van der Waals surface area contributed by atoms with E-state index in [1.54, 1.807) is 0 Å². The Labute approximate surface area is 407 Å². The minimum absolute atomic E-state index is 0.636. The molecule has 11 aromatic carbocycles. The molecule has 0 amide bonds. The van der Waals surface area contributed by atoms with Crippen LogP contribution < -0.4 is 0 Å². The minimum Gasteiger partial charge on any atom is -0.456 e. The van der Waals surface area contributed by atoms with Crippen LogP contribution in [0.4, 0.5) is 0 Å². The van der Waals surface area contributed by atoms with Gasteiger partial charge in [-0.15, -0.1) is 0 Å². The van der Waals surface area contributed by atoms with Gasteiger partial charge in [0.05, 0.1) is 33.3 Å². The summed E-state index contributed by atoms with van der Waals surface area (Å²) in [5.41, 5.74) is 17.1. The van der Waals surface area contributed by atoms with Crippen LogP contribution >= 0.6 is 0 Å². The highest BCUT2D eigenvalue weighted by Gasteiger charge is 2.22. The van der Waals surface area contributed by atoms with Crippen LogP contribution in [-0.4, -0.2) is 19.1 Å². The number of furan rings is 1. The molecule has 5 heteroatoms. The van der Waals surface area contributed by atoms with E-state index >= 15 is 0 Å². The molecule has 71 heavy (non-hydrogen) atoms. The molecule has 0 aliphatic rings. The van der Waals surface area contributed by atoms with Crippen molar-refractivity contribution < 1.29 is 4.42 Å². The van der Waals surface area contributed by atoms with E-state index in [4.69, 9.17) is 14.4 Å². The van der Waals surface area contributed by atoms with E-state index in [0.717, 1.165) is 105 Å². The van der Waals surface area contributed by atoms with Gasteiger partial charge in [-0.05, 0) is 105 Å². The molecule has 15 rings (SSSR count). The zero-order valence-electron chi connectivity index (χ0n) is 38.3. The summed E-state index contributed by atoms with van der Waals surface area (Å²) >= 11 is 0. The van der Waals surface area contributed by atoms with Gasteiger partial charge in [0.1, 0.15) is 11.2 Å². The number of hydrogen-bond acceptors (Lipinski definition) is 3. The van der Waals surface area contributed by atoms with Crippen LogP contribution in [0.25, 0.3) is 143 Å². The highest BCUT2D eigenvalue weighted by Crippen LogP contribution is 2.43. The third-order valence-corrected chi connectivity index (χ3v) is 14.5. The first-order chi connectivity index (χ1) is 35.2. The first kappa shape index (κ1) is 39.4. The fourth-order valence-corrected chi connectivity index (χ4v) is 11.2. The second-order valence-corrected chi connectivity index (χ2v) is 18.5. The summed E-state index contributed by atoms with van der Waals surface area (Å²) < 4.78 is 11.3. The molecule has 330 valence electrons. The molecule has 0 saturated carbocycles. The Morgan fingerprint density at radius 1 is 0.324 bits per heavy atom. The summed E-state index contributed by atoms with van der Waals surface area (Å²) in [6.07, 6.45) is 0. The maximum Gasteiger partial charge on any atom is 0.235 e.